The van der Waals surface area contributed by atoms with Crippen molar-refractivity contribution in [2.75, 3.05) is 0 Å². The summed E-state index contributed by atoms with van der Waals surface area (Å²) in [6.07, 6.45) is -5.09. The lowest BCUT2D eigenvalue weighted by atomic mass is 9.63. The first kappa shape index (κ1) is 32.9. The van der Waals surface area contributed by atoms with Gasteiger partial charge in [0, 0.05) is 59.4 Å². The second-order valence-corrected chi connectivity index (χ2v) is 15.7. The minimum absolute atomic E-state index is 0.0995. The number of carbonyl (C=O) groups is 1. The van der Waals surface area contributed by atoms with Crippen molar-refractivity contribution in [3.63, 3.8) is 0 Å². The van der Waals surface area contributed by atoms with Gasteiger partial charge in [-0.25, -0.2) is 9.37 Å². The number of hydrogen-bond donors (Lipinski definition) is 2. The second kappa shape index (κ2) is 10.9. The molecule has 1 saturated carbocycles. The van der Waals surface area contributed by atoms with Crippen LogP contribution in [0, 0.1) is 5.82 Å². The molecule has 2 bridgehead atoms. The highest BCUT2D eigenvalue weighted by Crippen LogP contribution is 2.56. The van der Waals surface area contributed by atoms with Crippen LogP contribution < -0.4 is 9.46 Å². The molecule has 0 radical (unpaired) electrons. The summed E-state index contributed by atoms with van der Waals surface area (Å²) in [5.74, 6) is -0.917. The molecule has 0 saturated heterocycles. The van der Waals surface area contributed by atoms with Gasteiger partial charge >= 0.3 is 12.8 Å². The zero-order chi connectivity index (χ0) is 34.6. The van der Waals surface area contributed by atoms with Gasteiger partial charge in [-0.05, 0) is 57.0 Å². The number of aromatic nitrogens is 3. The minimum Gasteiger partial charge on any atom is -0.598 e. The Morgan fingerprint density at radius 3 is 2.50 bits per heavy atom. The number of ketones is 1. The van der Waals surface area contributed by atoms with Gasteiger partial charge in [-0.3, -0.25) is 9.78 Å². The molecule has 1 aliphatic heterocycles. The van der Waals surface area contributed by atoms with Crippen molar-refractivity contribution in [1.29, 1.82) is 0 Å². The summed E-state index contributed by atoms with van der Waals surface area (Å²) in [7, 11) is 0. The highest BCUT2D eigenvalue weighted by atomic mass is 32.2. The molecule has 3 heterocycles. The Morgan fingerprint density at radius 2 is 1.85 bits per heavy atom. The number of hydrogen-bond acceptors (Lipinski definition) is 7. The Morgan fingerprint density at radius 1 is 1.12 bits per heavy atom. The summed E-state index contributed by atoms with van der Waals surface area (Å²) < 4.78 is 105. The molecule has 1 fully saturated rings. The molecule has 8 nitrogen and oxygen atoms in total. The summed E-state index contributed by atoms with van der Waals surface area (Å²) in [6.45, 7) is 1.71. The Kier molecular flexibility index (Phi) is 7.48. The molecule has 4 aromatic rings. The number of Topliss-reactive ketones (excluding diaryl/α,β-unsaturated/α-hetero) is 1. The van der Waals surface area contributed by atoms with Crippen molar-refractivity contribution in [3.05, 3.63) is 77.1 Å². The lowest BCUT2D eigenvalue weighted by Gasteiger charge is -2.53. The SMILES string of the molecule is CC(C)(C)[S+]([O-])NC1(c2ncc(-c3ccc4nc5n(c4c3)[C@@H]3C[C@@H]5CC(=O)c4cccc(OC(F)F)c43)cc2F)CC(O)(C(F)(F)F)C1. The molecule has 0 amide bonds. The third kappa shape index (κ3) is 5.17. The number of aliphatic hydroxyl groups is 1. The first-order valence-electron chi connectivity index (χ1n) is 15.2. The van der Waals surface area contributed by atoms with E-state index in [1.165, 1.54) is 18.3 Å². The van der Waals surface area contributed by atoms with Gasteiger partial charge < -0.3 is 19.0 Å². The first-order valence-corrected chi connectivity index (χ1v) is 16.3. The smallest absolute Gasteiger partial charge is 0.417 e. The predicted molar refractivity (Wildman–Crippen MR) is 163 cm³/mol. The van der Waals surface area contributed by atoms with Crippen molar-refractivity contribution >= 4 is 28.2 Å². The quantitative estimate of drug-likeness (QED) is 0.168. The van der Waals surface area contributed by atoms with E-state index in [0.717, 1.165) is 6.07 Å². The fraction of sp³-hybridized carbons (Fsp3) is 0.424. The molecule has 2 aliphatic carbocycles. The third-order valence-corrected chi connectivity index (χ3v) is 11.1. The van der Waals surface area contributed by atoms with E-state index in [-0.39, 0.29) is 29.4 Å². The van der Waals surface area contributed by atoms with E-state index in [1.54, 1.807) is 45.0 Å². The standard InChI is InChI=1S/C33H30F6N4O4S/c1-30(2,3)48(46)42-31(14-32(45,15-31)33(37,38)39)27-20(34)9-18(13-40-27)16-7-8-21-22(10-16)43-23-11-17(28(43)41-21)12-24(44)19-5-4-6-25(26(19)23)47-29(35)36/h4-10,13,17,23,29,42,45H,11-12,14-15H2,1-3H3/t17-,23-,31?,32?,48?/m1/s1. The first-order chi connectivity index (χ1) is 22.4. The third-order valence-electron chi connectivity index (χ3n) is 9.44. The van der Waals surface area contributed by atoms with E-state index in [1.807, 2.05) is 4.57 Å². The number of imidazole rings is 1. The molecule has 2 N–H and O–H groups in total. The van der Waals surface area contributed by atoms with E-state index in [2.05, 4.69) is 9.71 Å². The van der Waals surface area contributed by atoms with Gasteiger partial charge in [0.05, 0.1) is 17.1 Å². The van der Waals surface area contributed by atoms with Crippen molar-refractivity contribution in [1.82, 2.24) is 19.3 Å². The normalized spacial score (nSPS) is 25.9. The summed E-state index contributed by atoms with van der Waals surface area (Å²) >= 11 is -1.92. The number of nitrogens with zero attached hydrogens (tertiary/aromatic N) is 3. The van der Waals surface area contributed by atoms with Crippen LogP contribution in [-0.4, -0.2) is 53.1 Å². The van der Waals surface area contributed by atoms with Crippen LogP contribution in [0.2, 0.25) is 0 Å². The Hall–Kier alpha value is -3.66. The minimum atomic E-state index is -4.99. The van der Waals surface area contributed by atoms with Crippen LogP contribution in [-0.2, 0) is 16.9 Å². The van der Waals surface area contributed by atoms with Gasteiger partial charge in [-0.15, -0.1) is 4.72 Å². The maximum atomic E-state index is 15.9. The average molecular weight is 693 g/mol. The number of fused-ring (bicyclic) bond motifs is 9. The maximum Gasteiger partial charge on any atom is 0.417 e. The van der Waals surface area contributed by atoms with Crippen molar-refractivity contribution in [2.24, 2.45) is 0 Å². The molecule has 1 unspecified atom stereocenters. The predicted octanol–water partition coefficient (Wildman–Crippen LogP) is 6.84. The van der Waals surface area contributed by atoms with E-state index >= 15 is 4.39 Å². The molecular weight excluding hydrogens is 662 g/mol. The summed E-state index contributed by atoms with van der Waals surface area (Å²) in [4.78, 5) is 22.1. The number of rotatable bonds is 6. The van der Waals surface area contributed by atoms with Crippen LogP contribution in [0.1, 0.15) is 85.9 Å². The van der Waals surface area contributed by atoms with E-state index in [4.69, 9.17) is 9.72 Å². The molecular formula is C33H30F6N4O4S. The number of benzene rings is 2. The van der Waals surface area contributed by atoms with E-state index in [9.17, 15) is 36.4 Å². The van der Waals surface area contributed by atoms with Gasteiger partial charge in [0.15, 0.2) is 11.4 Å². The number of halogens is 6. The van der Waals surface area contributed by atoms with Gasteiger partial charge in [0.1, 0.15) is 33.4 Å². The van der Waals surface area contributed by atoms with Crippen molar-refractivity contribution in [2.45, 2.75) is 87.1 Å². The molecule has 3 atom stereocenters. The summed E-state index contributed by atoms with van der Waals surface area (Å²) in [5, 5.41) is 10.3. The maximum absolute atomic E-state index is 15.9. The highest BCUT2D eigenvalue weighted by Gasteiger charge is 2.70. The molecule has 254 valence electrons. The van der Waals surface area contributed by atoms with Crippen LogP contribution in [0.3, 0.4) is 0 Å². The van der Waals surface area contributed by atoms with E-state index in [0.29, 0.717) is 40.0 Å². The Balaban J connectivity index is 1.28. The Labute approximate surface area is 273 Å². The lowest BCUT2D eigenvalue weighted by Crippen LogP contribution is -2.69. The van der Waals surface area contributed by atoms with Crippen LogP contribution in [0.4, 0.5) is 26.3 Å². The second-order valence-electron chi connectivity index (χ2n) is 13.7. The molecule has 48 heavy (non-hydrogen) atoms. The van der Waals surface area contributed by atoms with Crippen LogP contribution in [0.25, 0.3) is 22.2 Å². The Bertz CT molecular complexity index is 1950. The van der Waals surface area contributed by atoms with Gasteiger partial charge in [0.2, 0.25) is 0 Å². The largest absolute Gasteiger partial charge is 0.598 e. The lowest BCUT2D eigenvalue weighted by molar-refractivity contribution is -0.306. The fourth-order valence-electron chi connectivity index (χ4n) is 7.19. The molecule has 15 heteroatoms. The molecule has 2 aromatic heterocycles. The number of pyridine rings is 1. The topological polar surface area (TPSA) is 112 Å². The highest BCUT2D eigenvalue weighted by molar-refractivity contribution is 7.90. The zero-order valence-electron chi connectivity index (χ0n) is 25.9. The van der Waals surface area contributed by atoms with Crippen molar-refractivity contribution < 1.29 is 45.5 Å². The summed E-state index contributed by atoms with van der Waals surface area (Å²) in [5.41, 5.74) is -2.79. The molecule has 7 rings (SSSR count). The van der Waals surface area contributed by atoms with Crippen LogP contribution >= 0.6 is 0 Å². The number of nitrogens with one attached hydrogen (secondary N) is 1. The number of ether oxygens (including phenoxy) is 1. The van der Waals surface area contributed by atoms with E-state index < -0.39 is 70.4 Å². The molecule has 2 aromatic carbocycles. The van der Waals surface area contributed by atoms with Gasteiger partial charge in [-0.2, -0.15) is 22.0 Å². The zero-order valence-corrected chi connectivity index (χ0v) is 26.7. The average Bonchev–Trinajstić information content (AvgIpc) is 3.46. The van der Waals surface area contributed by atoms with Gasteiger partial charge in [-0.1, -0.05) is 18.2 Å². The van der Waals surface area contributed by atoms with Crippen LogP contribution in [0.5, 0.6) is 5.75 Å². The molecule has 3 aliphatic rings. The van der Waals surface area contributed by atoms with Gasteiger partial charge in [0.25, 0.3) is 0 Å². The summed E-state index contributed by atoms with van der Waals surface area (Å²) in [6, 6.07) is 10.2. The van der Waals surface area contributed by atoms with Crippen molar-refractivity contribution in [3.8, 4) is 16.9 Å². The number of alkyl halides is 5. The fourth-order valence-corrected chi connectivity index (χ4v) is 8.09. The van der Waals surface area contributed by atoms with Crippen LogP contribution in [0.15, 0.2) is 48.7 Å². The molecule has 0 spiro atoms. The monoisotopic (exact) mass is 692 g/mol. The number of carbonyl (C=O) groups excluding carboxylic acids is 1.